The third-order valence-corrected chi connectivity index (χ3v) is 5.72. The summed E-state index contributed by atoms with van der Waals surface area (Å²) in [5, 5.41) is 5.56. The number of nitrogens with one attached hydrogen (secondary N) is 1. The van der Waals surface area contributed by atoms with Gasteiger partial charge in [0.05, 0.1) is 4.91 Å². The van der Waals surface area contributed by atoms with Gasteiger partial charge >= 0.3 is 0 Å². The molecule has 0 atom stereocenters. The second-order valence-corrected chi connectivity index (χ2v) is 7.97. The van der Waals surface area contributed by atoms with Crippen LogP contribution in [0.5, 0.6) is 0 Å². The van der Waals surface area contributed by atoms with Crippen molar-refractivity contribution in [3.05, 3.63) is 51.3 Å². The third-order valence-electron chi connectivity index (χ3n) is 3.31. The van der Waals surface area contributed by atoms with Gasteiger partial charge < -0.3 is 5.32 Å². The first kappa shape index (κ1) is 18.1. The average molecular weight is 410 g/mol. The molecule has 1 aliphatic heterocycles. The van der Waals surface area contributed by atoms with Crippen molar-refractivity contribution in [3.8, 4) is 0 Å². The summed E-state index contributed by atoms with van der Waals surface area (Å²) in [4.78, 5) is 30.4. The molecule has 0 unspecified atom stereocenters. The van der Waals surface area contributed by atoms with Gasteiger partial charge in [-0.15, -0.1) is 11.3 Å². The molecule has 1 aromatic heterocycles. The highest BCUT2D eigenvalue weighted by atomic mass is 35.5. The van der Waals surface area contributed by atoms with Crippen LogP contribution < -0.4 is 5.32 Å². The Morgan fingerprint density at radius 3 is 2.92 bits per heavy atom. The summed E-state index contributed by atoms with van der Waals surface area (Å²) in [6, 6.07) is 7.26. The zero-order chi connectivity index (χ0) is 17.8. The minimum absolute atomic E-state index is 0.144. The minimum atomic E-state index is -0.211. The lowest BCUT2D eigenvalue weighted by Crippen LogP contribution is -2.31. The summed E-state index contributed by atoms with van der Waals surface area (Å²) in [6.45, 7) is 0.224. The maximum absolute atomic E-state index is 12.5. The lowest BCUT2D eigenvalue weighted by Gasteiger charge is -2.13. The predicted molar refractivity (Wildman–Crippen MR) is 107 cm³/mol. The van der Waals surface area contributed by atoms with Gasteiger partial charge in [-0.3, -0.25) is 14.5 Å². The molecule has 2 amide bonds. The molecule has 0 bridgehead atoms. The normalized spacial score (nSPS) is 15.9. The number of amides is 2. The molecule has 1 fully saturated rings. The van der Waals surface area contributed by atoms with E-state index in [1.54, 1.807) is 23.7 Å². The Morgan fingerprint density at radius 2 is 2.20 bits per heavy atom. The Bertz CT molecular complexity index is 852. The van der Waals surface area contributed by atoms with Crippen molar-refractivity contribution in [3.63, 3.8) is 0 Å². The summed E-state index contributed by atoms with van der Waals surface area (Å²) in [5.41, 5.74) is 0.756. The Kier molecular flexibility index (Phi) is 5.85. The van der Waals surface area contributed by atoms with E-state index < -0.39 is 0 Å². The van der Waals surface area contributed by atoms with Crippen LogP contribution in [0.3, 0.4) is 0 Å². The summed E-state index contributed by atoms with van der Waals surface area (Å²) >= 11 is 13.9. The smallest absolute Gasteiger partial charge is 0.266 e. The molecule has 0 spiro atoms. The molecule has 9 heteroatoms. The number of benzene rings is 1. The zero-order valence-electron chi connectivity index (χ0n) is 12.8. The molecular weight excluding hydrogens is 398 g/mol. The van der Waals surface area contributed by atoms with E-state index in [2.05, 4.69) is 10.3 Å². The first-order valence-corrected chi connectivity index (χ1v) is 9.72. The van der Waals surface area contributed by atoms with Crippen molar-refractivity contribution in [2.24, 2.45) is 0 Å². The standard InChI is InChI=1S/C16H12ClN3O2S3/c17-11-4-2-1-3-10(11)9-12-14(22)20(16(23)25-12)7-5-13(21)19-15-18-6-8-24-15/h1-4,6,8-9H,5,7H2,(H,18,19,21)/b12-9-. The van der Waals surface area contributed by atoms with E-state index in [1.165, 1.54) is 28.0 Å². The van der Waals surface area contributed by atoms with Gasteiger partial charge in [-0.1, -0.05) is 53.8 Å². The number of rotatable bonds is 5. The number of aromatic nitrogens is 1. The molecule has 25 heavy (non-hydrogen) atoms. The fraction of sp³-hybridized carbons (Fsp3) is 0.125. The summed E-state index contributed by atoms with van der Waals surface area (Å²) in [7, 11) is 0. The molecule has 0 radical (unpaired) electrons. The fourth-order valence-electron chi connectivity index (χ4n) is 2.11. The molecule has 0 aliphatic carbocycles. The topological polar surface area (TPSA) is 62.3 Å². The predicted octanol–water partition coefficient (Wildman–Crippen LogP) is 4.03. The van der Waals surface area contributed by atoms with Gasteiger partial charge in [0.2, 0.25) is 5.91 Å². The molecule has 1 aromatic carbocycles. The quantitative estimate of drug-likeness (QED) is 0.596. The van der Waals surface area contributed by atoms with Crippen LogP contribution in [0.15, 0.2) is 40.7 Å². The molecular formula is C16H12ClN3O2S3. The van der Waals surface area contributed by atoms with Crippen LogP contribution in [0.1, 0.15) is 12.0 Å². The number of hydrogen-bond donors (Lipinski definition) is 1. The monoisotopic (exact) mass is 409 g/mol. The average Bonchev–Trinajstić information content (AvgIpc) is 3.17. The van der Waals surface area contributed by atoms with Crippen LogP contribution in [-0.2, 0) is 9.59 Å². The number of thioether (sulfide) groups is 1. The van der Waals surface area contributed by atoms with Crippen LogP contribution in [0, 0.1) is 0 Å². The van der Waals surface area contributed by atoms with E-state index in [4.69, 9.17) is 23.8 Å². The molecule has 1 saturated heterocycles. The molecule has 5 nitrogen and oxygen atoms in total. The van der Waals surface area contributed by atoms with Crippen LogP contribution >= 0.6 is 46.9 Å². The van der Waals surface area contributed by atoms with Gasteiger partial charge in [0.15, 0.2) is 5.13 Å². The first-order chi connectivity index (χ1) is 12.0. The first-order valence-electron chi connectivity index (χ1n) is 7.24. The number of hydrogen-bond acceptors (Lipinski definition) is 6. The molecule has 0 saturated carbocycles. The lowest BCUT2D eigenvalue weighted by atomic mass is 10.2. The van der Waals surface area contributed by atoms with E-state index in [0.29, 0.717) is 19.4 Å². The van der Waals surface area contributed by atoms with Gasteiger partial charge in [-0.2, -0.15) is 0 Å². The second kappa shape index (κ2) is 8.09. The van der Waals surface area contributed by atoms with Gasteiger partial charge in [0.1, 0.15) is 4.32 Å². The number of carbonyl (C=O) groups is 2. The summed E-state index contributed by atoms with van der Waals surface area (Å²) in [5.74, 6) is -0.420. The van der Waals surface area contributed by atoms with Crippen LogP contribution in [0.4, 0.5) is 5.13 Å². The Morgan fingerprint density at radius 1 is 1.40 bits per heavy atom. The maximum atomic E-state index is 12.5. The second-order valence-electron chi connectivity index (χ2n) is 4.99. The van der Waals surface area contributed by atoms with Gasteiger partial charge in [0, 0.05) is 29.6 Å². The molecule has 3 rings (SSSR count). The molecule has 1 aliphatic rings. The SMILES string of the molecule is O=C(CCN1C(=O)/C(=C/c2ccccc2Cl)SC1=S)Nc1nccs1. The van der Waals surface area contributed by atoms with Crippen molar-refractivity contribution in [1.29, 1.82) is 0 Å². The van der Waals surface area contributed by atoms with E-state index in [0.717, 1.165) is 5.56 Å². The van der Waals surface area contributed by atoms with Crippen molar-refractivity contribution in [2.75, 3.05) is 11.9 Å². The number of thiocarbonyl (C=S) groups is 1. The Labute approximate surface area is 163 Å². The highest BCUT2D eigenvalue weighted by Crippen LogP contribution is 2.33. The van der Waals surface area contributed by atoms with E-state index in [1.807, 2.05) is 18.2 Å². The van der Waals surface area contributed by atoms with E-state index in [-0.39, 0.29) is 24.8 Å². The fourth-order valence-corrected chi connectivity index (χ4v) is 4.14. The van der Waals surface area contributed by atoms with E-state index >= 15 is 0 Å². The minimum Gasteiger partial charge on any atom is -0.302 e. The van der Waals surface area contributed by atoms with E-state index in [9.17, 15) is 9.59 Å². The van der Waals surface area contributed by atoms with Crippen molar-refractivity contribution >= 4 is 74.3 Å². The highest BCUT2D eigenvalue weighted by molar-refractivity contribution is 8.26. The Hall–Kier alpha value is -1.74. The van der Waals surface area contributed by atoms with Crippen molar-refractivity contribution in [2.45, 2.75) is 6.42 Å². The number of thiazole rings is 1. The number of halogens is 1. The van der Waals surface area contributed by atoms with Gasteiger partial charge in [0.25, 0.3) is 5.91 Å². The number of nitrogens with zero attached hydrogens (tertiary/aromatic N) is 2. The molecule has 128 valence electrons. The zero-order valence-corrected chi connectivity index (χ0v) is 16.0. The summed E-state index contributed by atoms with van der Waals surface area (Å²) in [6.07, 6.45) is 3.48. The van der Waals surface area contributed by atoms with Crippen molar-refractivity contribution < 1.29 is 9.59 Å². The Balaban J connectivity index is 1.63. The lowest BCUT2D eigenvalue weighted by molar-refractivity contribution is -0.122. The number of anilines is 1. The van der Waals surface area contributed by atoms with Gasteiger partial charge in [-0.05, 0) is 17.7 Å². The molecule has 2 aromatic rings. The molecule has 2 heterocycles. The van der Waals surface area contributed by atoms with Gasteiger partial charge in [-0.25, -0.2) is 4.98 Å². The van der Waals surface area contributed by atoms with Crippen molar-refractivity contribution in [1.82, 2.24) is 9.88 Å². The largest absolute Gasteiger partial charge is 0.302 e. The maximum Gasteiger partial charge on any atom is 0.266 e. The van der Waals surface area contributed by atoms with Crippen LogP contribution in [-0.4, -0.2) is 32.6 Å². The third kappa shape index (κ3) is 4.46. The molecule has 1 N–H and O–H groups in total. The highest BCUT2D eigenvalue weighted by Gasteiger charge is 2.32. The number of carbonyl (C=O) groups excluding carboxylic acids is 2. The van der Waals surface area contributed by atoms with Crippen LogP contribution in [0.25, 0.3) is 6.08 Å². The summed E-state index contributed by atoms with van der Waals surface area (Å²) < 4.78 is 0.436. The van der Waals surface area contributed by atoms with Crippen LogP contribution in [0.2, 0.25) is 5.02 Å².